The van der Waals surface area contributed by atoms with Gasteiger partial charge in [-0.1, -0.05) is 19.3 Å². The fourth-order valence-electron chi connectivity index (χ4n) is 3.59. The van der Waals surface area contributed by atoms with Crippen LogP contribution in [0.4, 0.5) is 0 Å². The Morgan fingerprint density at radius 1 is 1.06 bits per heavy atom. The molecule has 0 aromatic carbocycles. The quantitative estimate of drug-likeness (QED) is 0.762. The van der Waals surface area contributed by atoms with Crippen molar-refractivity contribution in [1.82, 2.24) is 10.2 Å². The summed E-state index contributed by atoms with van der Waals surface area (Å²) in [6.45, 7) is 3.32. The zero-order chi connectivity index (χ0) is 12.8. The lowest BCUT2D eigenvalue weighted by Gasteiger charge is -2.30. The molecule has 1 saturated heterocycles. The van der Waals surface area contributed by atoms with Gasteiger partial charge in [0.15, 0.2) is 0 Å². The summed E-state index contributed by atoms with van der Waals surface area (Å²) < 4.78 is 5.73. The smallest absolute Gasteiger partial charge is 0.0702 e. The Morgan fingerprint density at radius 3 is 2.61 bits per heavy atom. The first-order valence-electron chi connectivity index (χ1n) is 7.77. The summed E-state index contributed by atoms with van der Waals surface area (Å²) in [6, 6.07) is 0.722. The van der Waals surface area contributed by atoms with Crippen molar-refractivity contribution in [3.8, 4) is 0 Å². The van der Waals surface area contributed by atoms with Crippen molar-refractivity contribution >= 4 is 0 Å². The molecule has 2 fully saturated rings. The monoisotopic (exact) mass is 254 g/mol. The van der Waals surface area contributed by atoms with E-state index >= 15 is 0 Å². The highest BCUT2D eigenvalue weighted by atomic mass is 16.5. The van der Waals surface area contributed by atoms with Gasteiger partial charge in [-0.05, 0) is 45.7 Å². The Morgan fingerprint density at radius 2 is 1.89 bits per heavy atom. The van der Waals surface area contributed by atoms with E-state index in [1.165, 1.54) is 51.5 Å². The first-order valence-corrected chi connectivity index (χ1v) is 7.77. The van der Waals surface area contributed by atoms with E-state index in [2.05, 4.69) is 24.3 Å². The maximum absolute atomic E-state index is 5.73. The van der Waals surface area contributed by atoms with Crippen LogP contribution in [0.15, 0.2) is 0 Å². The molecular formula is C15H30N2O. The van der Waals surface area contributed by atoms with E-state index in [0.29, 0.717) is 6.10 Å². The molecule has 106 valence electrons. The highest BCUT2D eigenvalue weighted by molar-refractivity contribution is 4.81. The second-order valence-corrected chi connectivity index (χ2v) is 6.15. The summed E-state index contributed by atoms with van der Waals surface area (Å²) >= 11 is 0. The molecule has 1 N–H and O–H groups in total. The molecule has 0 aromatic heterocycles. The van der Waals surface area contributed by atoms with Gasteiger partial charge in [0, 0.05) is 25.7 Å². The topological polar surface area (TPSA) is 24.5 Å². The van der Waals surface area contributed by atoms with Gasteiger partial charge in [-0.25, -0.2) is 0 Å². The minimum atomic E-state index is 0.494. The van der Waals surface area contributed by atoms with E-state index in [1.54, 1.807) is 0 Å². The number of hydrogen-bond acceptors (Lipinski definition) is 3. The molecule has 1 heterocycles. The van der Waals surface area contributed by atoms with Crippen molar-refractivity contribution in [2.75, 3.05) is 33.8 Å². The van der Waals surface area contributed by atoms with Crippen molar-refractivity contribution in [3.05, 3.63) is 0 Å². The average molecular weight is 254 g/mol. The maximum Gasteiger partial charge on any atom is 0.0702 e. The number of ether oxygens (including phenoxy) is 1. The average Bonchev–Trinajstić information content (AvgIpc) is 2.75. The standard InChI is InChI=1S/C15H30N2O/c1-16-15-9-5-3-4-7-13(15)11-17(2)12-14-8-6-10-18-14/h13-16H,3-12H2,1-2H3. The molecule has 1 aliphatic carbocycles. The zero-order valence-electron chi connectivity index (χ0n) is 12.2. The molecule has 3 unspecified atom stereocenters. The Hall–Kier alpha value is -0.120. The maximum atomic E-state index is 5.73. The third-order valence-corrected chi connectivity index (χ3v) is 4.62. The molecular weight excluding hydrogens is 224 g/mol. The van der Waals surface area contributed by atoms with E-state index in [1.807, 2.05) is 0 Å². The van der Waals surface area contributed by atoms with Crippen LogP contribution in [0.25, 0.3) is 0 Å². The van der Waals surface area contributed by atoms with E-state index in [4.69, 9.17) is 4.74 Å². The molecule has 1 saturated carbocycles. The Kier molecular flexibility index (Phi) is 5.93. The third-order valence-electron chi connectivity index (χ3n) is 4.62. The number of nitrogens with zero attached hydrogens (tertiary/aromatic N) is 1. The highest BCUT2D eigenvalue weighted by Crippen LogP contribution is 2.24. The number of hydrogen-bond donors (Lipinski definition) is 1. The Labute approximate surface area is 112 Å². The van der Waals surface area contributed by atoms with E-state index < -0.39 is 0 Å². The van der Waals surface area contributed by atoms with E-state index in [-0.39, 0.29) is 0 Å². The van der Waals surface area contributed by atoms with Crippen LogP contribution >= 0.6 is 0 Å². The summed E-state index contributed by atoms with van der Waals surface area (Å²) in [5.41, 5.74) is 0. The van der Waals surface area contributed by atoms with Crippen LogP contribution in [0.1, 0.15) is 44.9 Å². The Balaban J connectivity index is 1.77. The fraction of sp³-hybridized carbons (Fsp3) is 1.00. The van der Waals surface area contributed by atoms with Gasteiger partial charge in [-0.3, -0.25) is 0 Å². The summed E-state index contributed by atoms with van der Waals surface area (Å²) in [7, 11) is 4.39. The first kappa shape index (κ1) is 14.3. The molecule has 0 aromatic rings. The molecule has 18 heavy (non-hydrogen) atoms. The van der Waals surface area contributed by atoms with E-state index in [9.17, 15) is 0 Å². The molecule has 0 bridgehead atoms. The number of likely N-dealkylation sites (N-methyl/N-ethyl adjacent to an activating group) is 1. The van der Waals surface area contributed by atoms with Crippen molar-refractivity contribution in [2.24, 2.45) is 5.92 Å². The Bertz CT molecular complexity index is 229. The molecule has 3 atom stereocenters. The third kappa shape index (κ3) is 4.22. The van der Waals surface area contributed by atoms with Crippen LogP contribution in [-0.4, -0.2) is 50.8 Å². The lowest BCUT2D eigenvalue weighted by molar-refractivity contribution is 0.0738. The molecule has 3 nitrogen and oxygen atoms in total. The van der Waals surface area contributed by atoms with Crippen LogP contribution in [0.5, 0.6) is 0 Å². The van der Waals surface area contributed by atoms with Crippen molar-refractivity contribution in [1.29, 1.82) is 0 Å². The van der Waals surface area contributed by atoms with Gasteiger partial charge in [0.25, 0.3) is 0 Å². The summed E-state index contributed by atoms with van der Waals surface area (Å²) in [5, 5.41) is 3.54. The minimum absolute atomic E-state index is 0.494. The summed E-state index contributed by atoms with van der Waals surface area (Å²) in [5.74, 6) is 0.823. The number of rotatable bonds is 5. The minimum Gasteiger partial charge on any atom is -0.377 e. The zero-order valence-corrected chi connectivity index (χ0v) is 12.2. The van der Waals surface area contributed by atoms with Crippen molar-refractivity contribution in [3.63, 3.8) is 0 Å². The predicted octanol–water partition coefficient (Wildman–Crippen LogP) is 2.27. The second-order valence-electron chi connectivity index (χ2n) is 6.15. The van der Waals surface area contributed by atoms with Gasteiger partial charge in [0.1, 0.15) is 0 Å². The normalized spacial score (nSPS) is 33.8. The predicted molar refractivity (Wildman–Crippen MR) is 75.9 cm³/mol. The van der Waals surface area contributed by atoms with Crippen LogP contribution in [0, 0.1) is 5.92 Å². The molecule has 2 aliphatic rings. The first-order chi connectivity index (χ1) is 8.79. The van der Waals surface area contributed by atoms with Crippen LogP contribution in [0.3, 0.4) is 0 Å². The lowest BCUT2D eigenvalue weighted by atomic mass is 9.94. The van der Waals surface area contributed by atoms with E-state index in [0.717, 1.165) is 25.1 Å². The van der Waals surface area contributed by atoms with Crippen molar-refractivity contribution < 1.29 is 4.74 Å². The van der Waals surface area contributed by atoms with Gasteiger partial charge in [-0.15, -0.1) is 0 Å². The van der Waals surface area contributed by atoms with Crippen LogP contribution < -0.4 is 5.32 Å². The lowest BCUT2D eigenvalue weighted by Crippen LogP contribution is -2.41. The van der Waals surface area contributed by atoms with Gasteiger partial charge in [-0.2, -0.15) is 0 Å². The van der Waals surface area contributed by atoms with Gasteiger partial charge in [0.2, 0.25) is 0 Å². The highest BCUT2D eigenvalue weighted by Gasteiger charge is 2.25. The second kappa shape index (κ2) is 7.46. The van der Waals surface area contributed by atoms with Gasteiger partial charge >= 0.3 is 0 Å². The summed E-state index contributed by atoms with van der Waals surface area (Å²) in [6.07, 6.45) is 9.98. The number of nitrogens with one attached hydrogen (secondary N) is 1. The van der Waals surface area contributed by atoms with Crippen LogP contribution in [0.2, 0.25) is 0 Å². The van der Waals surface area contributed by atoms with Crippen molar-refractivity contribution in [2.45, 2.75) is 57.1 Å². The SMILES string of the molecule is CNC1CCCCCC1CN(C)CC1CCCO1. The van der Waals surface area contributed by atoms with Gasteiger partial charge in [0.05, 0.1) is 6.10 Å². The van der Waals surface area contributed by atoms with Crippen LogP contribution in [-0.2, 0) is 4.74 Å². The fourth-order valence-corrected chi connectivity index (χ4v) is 3.59. The molecule has 3 heteroatoms. The molecule has 2 rings (SSSR count). The molecule has 0 amide bonds. The largest absolute Gasteiger partial charge is 0.377 e. The molecule has 0 spiro atoms. The molecule has 1 aliphatic heterocycles. The molecule has 0 radical (unpaired) electrons. The van der Waals surface area contributed by atoms with Gasteiger partial charge < -0.3 is 15.0 Å². The summed E-state index contributed by atoms with van der Waals surface area (Å²) in [4.78, 5) is 2.50.